The molecule has 0 bridgehead atoms. The fourth-order valence-corrected chi connectivity index (χ4v) is 2.11. The number of halogens is 2. The van der Waals surface area contributed by atoms with E-state index in [0.29, 0.717) is 17.3 Å². The SMILES string of the molecule is CCCc1c(N)ncnc1Nc1cc(Br)ccc1F. The van der Waals surface area contributed by atoms with Gasteiger partial charge in [0.2, 0.25) is 0 Å². The van der Waals surface area contributed by atoms with Crippen LogP contribution in [0.5, 0.6) is 0 Å². The molecule has 0 saturated carbocycles. The van der Waals surface area contributed by atoms with Gasteiger partial charge >= 0.3 is 0 Å². The van der Waals surface area contributed by atoms with E-state index in [1.807, 2.05) is 6.92 Å². The Bertz CT molecular complexity index is 589. The van der Waals surface area contributed by atoms with E-state index in [4.69, 9.17) is 5.73 Å². The maximum Gasteiger partial charge on any atom is 0.146 e. The van der Waals surface area contributed by atoms with Crippen molar-refractivity contribution in [1.29, 1.82) is 0 Å². The summed E-state index contributed by atoms with van der Waals surface area (Å²) in [4.78, 5) is 8.10. The summed E-state index contributed by atoms with van der Waals surface area (Å²) in [6.07, 6.45) is 3.02. The molecule has 2 rings (SSSR count). The highest BCUT2D eigenvalue weighted by Crippen LogP contribution is 2.26. The number of rotatable bonds is 4. The molecule has 3 N–H and O–H groups in total. The Labute approximate surface area is 119 Å². The molecule has 0 radical (unpaired) electrons. The van der Waals surface area contributed by atoms with Gasteiger partial charge in [-0.15, -0.1) is 0 Å². The van der Waals surface area contributed by atoms with Gasteiger partial charge in [-0.1, -0.05) is 29.3 Å². The van der Waals surface area contributed by atoms with E-state index in [0.717, 1.165) is 22.9 Å². The number of nitrogens with zero attached hydrogens (tertiary/aromatic N) is 2. The van der Waals surface area contributed by atoms with Gasteiger partial charge in [0.1, 0.15) is 23.8 Å². The second-order valence-electron chi connectivity index (χ2n) is 4.09. The van der Waals surface area contributed by atoms with Gasteiger partial charge in [-0.05, 0) is 24.6 Å². The Kier molecular flexibility index (Phi) is 4.31. The van der Waals surface area contributed by atoms with Crippen LogP contribution in [0.3, 0.4) is 0 Å². The highest BCUT2D eigenvalue weighted by atomic mass is 79.9. The fraction of sp³-hybridized carbons (Fsp3) is 0.231. The first kappa shape index (κ1) is 13.7. The number of hydrogen-bond donors (Lipinski definition) is 2. The molecule has 2 aromatic rings. The van der Waals surface area contributed by atoms with Gasteiger partial charge in [-0.3, -0.25) is 0 Å². The maximum atomic E-state index is 13.7. The van der Waals surface area contributed by atoms with E-state index in [9.17, 15) is 4.39 Å². The van der Waals surface area contributed by atoms with Gasteiger partial charge in [0.25, 0.3) is 0 Å². The summed E-state index contributed by atoms with van der Waals surface area (Å²) < 4.78 is 14.5. The van der Waals surface area contributed by atoms with Gasteiger partial charge < -0.3 is 11.1 Å². The summed E-state index contributed by atoms with van der Waals surface area (Å²) in [5, 5.41) is 2.97. The average molecular weight is 325 g/mol. The van der Waals surface area contributed by atoms with Crippen LogP contribution in [0.15, 0.2) is 29.0 Å². The van der Waals surface area contributed by atoms with Crippen molar-refractivity contribution in [2.45, 2.75) is 19.8 Å². The zero-order valence-electron chi connectivity index (χ0n) is 10.5. The monoisotopic (exact) mass is 324 g/mol. The van der Waals surface area contributed by atoms with Crippen molar-refractivity contribution in [2.24, 2.45) is 0 Å². The van der Waals surface area contributed by atoms with Gasteiger partial charge in [0.15, 0.2) is 0 Å². The Hall–Kier alpha value is -1.69. The lowest BCUT2D eigenvalue weighted by atomic mass is 10.1. The molecule has 0 unspecified atom stereocenters. The topological polar surface area (TPSA) is 63.8 Å². The zero-order valence-corrected chi connectivity index (χ0v) is 12.0. The Morgan fingerprint density at radius 1 is 1.37 bits per heavy atom. The van der Waals surface area contributed by atoms with E-state index >= 15 is 0 Å². The number of nitrogens with two attached hydrogens (primary N) is 1. The molecule has 0 aliphatic rings. The molecule has 0 aliphatic carbocycles. The predicted molar refractivity (Wildman–Crippen MR) is 77.8 cm³/mol. The molecule has 4 nitrogen and oxygen atoms in total. The quantitative estimate of drug-likeness (QED) is 0.900. The van der Waals surface area contributed by atoms with Crippen LogP contribution in [0, 0.1) is 5.82 Å². The molecule has 0 saturated heterocycles. The third-order valence-corrected chi connectivity index (χ3v) is 3.15. The third kappa shape index (κ3) is 3.20. The number of benzene rings is 1. The first-order valence-electron chi connectivity index (χ1n) is 5.93. The first-order valence-corrected chi connectivity index (χ1v) is 6.72. The van der Waals surface area contributed by atoms with Crippen molar-refractivity contribution in [3.05, 3.63) is 40.4 Å². The van der Waals surface area contributed by atoms with Crippen LogP contribution < -0.4 is 11.1 Å². The lowest BCUT2D eigenvalue weighted by Crippen LogP contribution is -2.06. The van der Waals surface area contributed by atoms with Gasteiger partial charge in [-0.25, -0.2) is 14.4 Å². The van der Waals surface area contributed by atoms with Crippen LogP contribution in [0.4, 0.5) is 21.7 Å². The molecule has 0 spiro atoms. The molecular formula is C13H14BrFN4. The number of anilines is 3. The Morgan fingerprint density at radius 3 is 2.89 bits per heavy atom. The third-order valence-electron chi connectivity index (χ3n) is 2.66. The minimum absolute atomic E-state index is 0.345. The van der Waals surface area contributed by atoms with Gasteiger partial charge in [0.05, 0.1) is 5.69 Å². The Morgan fingerprint density at radius 2 is 2.16 bits per heavy atom. The number of hydrogen-bond acceptors (Lipinski definition) is 4. The lowest BCUT2D eigenvalue weighted by Gasteiger charge is -2.12. The highest BCUT2D eigenvalue weighted by molar-refractivity contribution is 9.10. The fourth-order valence-electron chi connectivity index (χ4n) is 1.75. The van der Waals surface area contributed by atoms with Crippen molar-refractivity contribution in [3.8, 4) is 0 Å². The smallest absolute Gasteiger partial charge is 0.146 e. The standard InChI is InChI=1S/C13H14BrFN4/c1-2-3-9-12(16)17-7-18-13(9)19-11-6-8(14)4-5-10(11)15/h4-7H,2-3H2,1H3,(H3,16,17,18,19). The average Bonchev–Trinajstić information content (AvgIpc) is 2.38. The minimum atomic E-state index is -0.345. The summed E-state index contributed by atoms with van der Waals surface area (Å²) in [5.41, 5.74) is 7.00. The second-order valence-corrected chi connectivity index (χ2v) is 5.00. The van der Waals surface area contributed by atoms with E-state index in [-0.39, 0.29) is 5.82 Å². The second kappa shape index (κ2) is 5.97. The van der Waals surface area contributed by atoms with Crippen LogP contribution >= 0.6 is 15.9 Å². The minimum Gasteiger partial charge on any atom is -0.383 e. The number of nitrogen functional groups attached to an aromatic ring is 1. The molecule has 19 heavy (non-hydrogen) atoms. The van der Waals surface area contributed by atoms with Crippen LogP contribution in [0.1, 0.15) is 18.9 Å². The van der Waals surface area contributed by atoms with Crippen LogP contribution in [-0.4, -0.2) is 9.97 Å². The Balaban J connectivity index is 2.37. The first-order chi connectivity index (χ1) is 9.11. The van der Waals surface area contributed by atoms with Crippen molar-refractivity contribution < 1.29 is 4.39 Å². The van der Waals surface area contributed by atoms with Crippen molar-refractivity contribution in [3.63, 3.8) is 0 Å². The molecule has 1 aromatic heterocycles. The maximum absolute atomic E-state index is 13.7. The predicted octanol–water partition coefficient (Wildman–Crippen LogP) is 3.66. The van der Waals surface area contributed by atoms with Crippen molar-refractivity contribution >= 4 is 33.3 Å². The summed E-state index contributed by atoms with van der Waals surface area (Å²) in [6.45, 7) is 2.04. The summed E-state index contributed by atoms with van der Waals surface area (Å²) in [7, 11) is 0. The van der Waals surface area contributed by atoms with Crippen molar-refractivity contribution in [1.82, 2.24) is 9.97 Å². The van der Waals surface area contributed by atoms with E-state index in [1.54, 1.807) is 12.1 Å². The highest BCUT2D eigenvalue weighted by Gasteiger charge is 2.11. The van der Waals surface area contributed by atoms with Gasteiger partial charge in [0, 0.05) is 10.0 Å². The summed E-state index contributed by atoms with van der Waals surface area (Å²) >= 11 is 3.31. The summed E-state index contributed by atoms with van der Waals surface area (Å²) in [5.74, 6) is 0.629. The number of nitrogens with one attached hydrogen (secondary N) is 1. The molecule has 100 valence electrons. The van der Waals surface area contributed by atoms with Crippen LogP contribution in [-0.2, 0) is 6.42 Å². The molecule has 1 aromatic carbocycles. The van der Waals surface area contributed by atoms with Gasteiger partial charge in [-0.2, -0.15) is 0 Å². The largest absolute Gasteiger partial charge is 0.383 e. The molecular weight excluding hydrogens is 311 g/mol. The van der Waals surface area contributed by atoms with Crippen LogP contribution in [0.2, 0.25) is 0 Å². The zero-order chi connectivity index (χ0) is 13.8. The van der Waals surface area contributed by atoms with E-state index < -0.39 is 0 Å². The summed E-state index contributed by atoms with van der Waals surface area (Å²) in [6, 6.07) is 4.68. The molecule has 1 heterocycles. The van der Waals surface area contributed by atoms with Crippen molar-refractivity contribution in [2.75, 3.05) is 11.1 Å². The molecule has 0 aliphatic heterocycles. The molecule has 0 fully saturated rings. The molecule has 0 amide bonds. The van der Waals surface area contributed by atoms with Crippen LogP contribution in [0.25, 0.3) is 0 Å². The molecule has 6 heteroatoms. The van der Waals surface area contributed by atoms with E-state index in [2.05, 4.69) is 31.2 Å². The normalized spacial score (nSPS) is 10.5. The number of aromatic nitrogens is 2. The lowest BCUT2D eigenvalue weighted by molar-refractivity contribution is 0.631. The molecule has 0 atom stereocenters. The van der Waals surface area contributed by atoms with E-state index in [1.165, 1.54) is 12.4 Å².